The highest BCUT2D eigenvalue weighted by Gasteiger charge is 2.33. The zero-order chi connectivity index (χ0) is 27.7. The topological polar surface area (TPSA) is 0 Å². The first-order valence-electron chi connectivity index (χ1n) is 14.4. The Balaban J connectivity index is 2.12. The molecule has 196 valence electrons. The molecule has 0 amide bonds. The fourth-order valence-corrected chi connectivity index (χ4v) is 7.43. The fourth-order valence-electron chi connectivity index (χ4n) is 7.43. The van der Waals surface area contributed by atoms with Gasteiger partial charge >= 0.3 is 0 Å². The van der Waals surface area contributed by atoms with E-state index in [1.54, 1.807) is 0 Å². The first-order valence-corrected chi connectivity index (χ1v) is 14.4. The van der Waals surface area contributed by atoms with Gasteiger partial charge in [-0.25, -0.2) is 0 Å². The zero-order valence-corrected chi connectivity index (χ0v) is 25.6. The molecule has 0 radical (unpaired) electrons. The molecule has 6 aromatic rings. The zero-order valence-electron chi connectivity index (χ0n) is 25.6. The second-order valence-corrected chi connectivity index (χ2v) is 15.9. The van der Waals surface area contributed by atoms with Gasteiger partial charge in [0.1, 0.15) is 0 Å². The molecule has 0 bridgehead atoms. The standard InChI is InChI=1S/C38H44/c1-35(2,3)27-19-25-31-29-21(27)15-13-17-23(29)34(38(10,11)12)26-20-28(36(4,5)6)22-16-14-18-24(30(22)32(26)31)33(25)37(7,8)9/h13-20H,1-12H3. The van der Waals surface area contributed by atoms with Crippen molar-refractivity contribution in [3.8, 4) is 0 Å². The molecule has 0 N–H and O–H groups in total. The van der Waals surface area contributed by atoms with Gasteiger partial charge in [-0.1, -0.05) is 119 Å². The van der Waals surface area contributed by atoms with E-state index in [9.17, 15) is 0 Å². The van der Waals surface area contributed by atoms with Crippen molar-refractivity contribution in [1.29, 1.82) is 0 Å². The highest BCUT2D eigenvalue weighted by atomic mass is 14.4. The molecule has 6 aromatic carbocycles. The van der Waals surface area contributed by atoms with Crippen molar-refractivity contribution in [3.05, 3.63) is 70.8 Å². The van der Waals surface area contributed by atoms with Gasteiger partial charge in [0.25, 0.3) is 0 Å². The van der Waals surface area contributed by atoms with E-state index in [-0.39, 0.29) is 21.7 Å². The summed E-state index contributed by atoms with van der Waals surface area (Å²) in [4.78, 5) is 0. The maximum atomic E-state index is 2.56. The molecule has 0 heteroatoms. The van der Waals surface area contributed by atoms with Crippen molar-refractivity contribution in [3.63, 3.8) is 0 Å². The molecule has 0 saturated heterocycles. The van der Waals surface area contributed by atoms with E-state index in [1.165, 1.54) is 76.1 Å². The third-order valence-corrected chi connectivity index (χ3v) is 8.77. The van der Waals surface area contributed by atoms with E-state index in [4.69, 9.17) is 0 Å². The average Bonchev–Trinajstić information content (AvgIpc) is 2.76. The van der Waals surface area contributed by atoms with Crippen LogP contribution in [0.4, 0.5) is 0 Å². The highest BCUT2D eigenvalue weighted by molar-refractivity contribution is 6.39. The summed E-state index contributed by atoms with van der Waals surface area (Å²) in [5.74, 6) is 0. The Kier molecular flexibility index (Phi) is 4.96. The lowest BCUT2D eigenvalue weighted by molar-refractivity contribution is 0.591. The second-order valence-electron chi connectivity index (χ2n) is 15.9. The summed E-state index contributed by atoms with van der Waals surface area (Å²) in [6.45, 7) is 28.6. The fraction of sp³-hybridized carbons (Fsp3) is 0.421. The summed E-state index contributed by atoms with van der Waals surface area (Å²) < 4.78 is 0. The van der Waals surface area contributed by atoms with E-state index in [0.717, 1.165) is 0 Å². The van der Waals surface area contributed by atoms with Crippen molar-refractivity contribution in [2.24, 2.45) is 0 Å². The van der Waals surface area contributed by atoms with Crippen LogP contribution in [0.15, 0.2) is 48.5 Å². The van der Waals surface area contributed by atoms with Crippen LogP contribution in [-0.4, -0.2) is 0 Å². The smallest absolute Gasteiger partial charge is 0.00107 e. The Labute approximate surface area is 229 Å². The molecule has 0 aliphatic carbocycles. The van der Waals surface area contributed by atoms with Crippen molar-refractivity contribution in [2.75, 3.05) is 0 Å². The quantitative estimate of drug-likeness (QED) is 0.144. The Hall–Kier alpha value is -2.86. The van der Waals surface area contributed by atoms with Crippen LogP contribution in [0, 0.1) is 0 Å². The van der Waals surface area contributed by atoms with E-state index in [2.05, 4.69) is 132 Å². The predicted molar refractivity (Wildman–Crippen MR) is 171 cm³/mol. The van der Waals surface area contributed by atoms with Gasteiger partial charge in [0.15, 0.2) is 0 Å². The van der Waals surface area contributed by atoms with Crippen LogP contribution in [0.5, 0.6) is 0 Å². The molecule has 0 unspecified atom stereocenters. The van der Waals surface area contributed by atoms with Gasteiger partial charge in [-0.05, 0) is 110 Å². The monoisotopic (exact) mass is 500 g/mol. The highest BCUT2D eigenvalue weighted by Crippen LogP contribution is 2.54. The van der Waals surface area contributed by atoms with Crippen molar-refractivity contribution >= 4 is 53.9 Å². The van der Waals surface area contributed by atoms with E-state index in [0.29, 0.717) is 0 Å². The van der Waals surface area contributed by atoms with Crippen LogP contribution in [0.1, 0.15) is 105 Å². The Morgan fingerprint density at radius 2 is 0.658 bits per heavy atom. The minimum absolute atomic E-state index is 0.00612. The summed E-state index contributed by atoms with van der Waals surface area (Å²) in [5, 5.41) is 14.5. The first kappa shape index (κ1) is 25.4. The van der Waals surface area contributed by atoms with Gasteiger partial charge in [-0.3, -0.25) is 0 Å². The average molecular weight is 501 g/mol. The molecule has 38 heavy (non-hydrogen) atoms. The maximum Gasteiger partial charge on any atom is -0.00107 e. The van der Waals surface area contributed by atoms with Crippen LogP contribution in [0.3, 0.4) is 0 Å². The van der Waals surface area contributed by atoms with Crippen molar-refractivity contribution in [2.45, 2.75) is 105 Å². The largest absolute Gasteiger partial charge is 0.0610 e. The lowest BCUT2D eigenvalue weighted by Gasteiger charge is -2.34. The number of hydrogen-bond donors (Lipinski definition) is 0. The lowest BCUT2D eigenvalue weighted by Crippen LogP contribution is -2.19. The Morgan fingerprint density at radius 3 is 0.947 bits per heavy atom. The third-order valence-electron chi connectivity index (χ3n) is 8.77. The molecule has 0 saturated carbocycles. The predicted octanol–water partition coefficient (Wildman–Crippen LogP) is 11.5. The molecule has 0 atom stereocenters. The van der Waals surface area contributed by atoms with Crippen LogP contribution < -0.4 is 0 Å². The minimum atomic E-state index is 0.00612. The van der Waals surface area contributed by atoms with Crippen LogP contribution >= 0.6 is 0 Å². The molecule has 0 fully saturated rings. The van der Waals surface area contributed by atoms with E-state index in [1.807, 2.05) is 0 Å². The maximum absolute atomic E-state index is 2.56. The Morgan fingerprint density at radius 1 is 0.342 bits per heavy atom. The molecule has 0 aliphatic rings. The van der Waals surface area contributed by atoms with Crippen LogP contribution in [0.2, 0.25) is 0 Å². The molecule has 0 nitrogen and oxygen atoms in total. The normalized spacial score (nSPS) is 14.3. The van der Waals surface area contributed by atoms with Crippen molar-refractivity contribution < 1.29 is 0 Å². The van der Waals surface area contributed by atoms with Crippen LogP contribution in [0.25, 0.3) is 53.9 Å². The van der Waals surface area contributed by atoms with Crippen LogP contribution in [-0.2, 0) is 21.7 Å². The SMILES string of the molecule is CC(C)(C)c1cc2c(C(C)(C)C)c3cccc4c(C(C)(C)C)cc5c(C(C)(C)C)c6cccc1c6c2c5c43. The third kappa shape index (κ3) is 3.35. The molecular weight excluding hydrogens is 456 g/mol. The van der Waals surface area contributed by atoms with Gasteiger partial charge in [-0.2, -0.15) is 0 Å². The molecule has 0 aromatic heterocycles. The summed E-state index contributed by atoms with van der Waals surface area (Å²) >= 11 is 0. The molecule has 0 heterocycles. The summed E-state index contributed by atoms with van der Waals surface area (Å²) in [6.07, 6.45) is 0. The molecule has 0 aliphatic heterocycles. The van der Waals surface area contributed by atoms with Gasteiger partial charge in [-0.15, -0.1) is 0 Å². The van der Waals surface area contributed by atoms with Gasteiger partial charge in [0, 0.05) is 0 Å². The summed E-state index contributed by atoms with van der Waals surface area (Å²) in [7, 11) is 0. The Bertz CT molecular complexity index is 1730. The number of hydrogen-bond acceptors (Lipinski definition) is 0. The number of benzene rings is 6. The molecule has 6 rings (SSSR count). The van der Waals surface area contributed by atoms with E-state index >= 15 is 0 Å². The van der Waals surface area contributed by atoms with E-state index < -0.39 is 0 Å². The van der Waals surface area contributed by atoms with Gasteiger partial charge in [0.2, 0.25) is 0 Å². The lowest BCUT2D eigenvalue weighted by atomic mass is 9.69. The second kappa shape index (κ2) is 7.41. The van der Waals surface area contributed by atoms with Gasteiger partial charge in [0.05, 0.1) is 0 Å². The number of rotatable bonds is 0. The summed E-state index contributed by atoms with van der Waals surface area (Å²) in [6, 6.07) is 19.3. The summed E-state index contributed by atoms with van der Waals surface area (Å²) in [5.41, 5.74) is 5.98. The van der Waals surface area contributed by atoms with Crippen molar-refractivity contribution in [1.82, 2.24) is 0 Å². The first-order chi connectivity index (χ1) is 17.4. The molecule has 0 spiro atoms. The van der Waals surface area contributed by atoms with Gasteiger partial charge < -0.3 is 0 Å². The minimum Gasteiger partial charge on any atom is -0.0610 e. The molecular formula is C38H44.